The first-order chi connectivity index (χ1) is 9.58. The number of amides is 1. The minimum atomic E-state index is -3.66. The van der Waals surface area contributed by atoms with Crippen molar-refractivity contribution >= 4 is 47.8 Å². The number of halogens is 2. The molecule has 21 heavy (non-hydrogen) atoms. The van der Waals surface area contributed by atoms with Gasteiger partial charge >= 0.3 is 0 Å². The summed E-state index contributed by atoms with van der Waals surface area (Å²) < 4.78 is 28.1. The number of rotatable bonds is 3. The molecule has 1 aromatic carbocycles. The highest BCUT2D eigenvalue weighted by molar-refractivity contribution is 9.11. The molecular weight excluding hydrogens is 424 g/mol. The zero-order valence-corrected chi connectivity index (χ0v) is 15.7. The molecular formula is C13H16Br2N2O3S. The van der Waals surface area contributed by atoms with Gasteiger partial charge in [0.1, 0.15) is 0 Å². The van der Waals surface area contributed by atoms with Gasteiger partial charge in [-0.15, -0.1) is 0 Å². The number of carbonyl (C=O) groups is 1. The van der Waals surface area contributed by atoms with Crippen LogP contribution in [-0.2, 0) is 14.8 Å². The fourth-order valence-corrected chi connectivity index (χ4v) is 5.49. The molecule has 116 valence electrons. The highest BCUT2D eigenvalue weighted by Gasteiger charge is 2.44. The number of carbonyl (C=O) groups excluding carboxylic acids is 1. The summed E-state index contributed by atoms with van der Waals surface area (Å²) in [5.74, 6) is -0.468. The van der Waals surface area contributed by atoms with Crippen molar-refractivity contribution in [3.05, 3.63) is 26.6 Å². The highest BCUT2D eigenvalue weighted by atomic mass is 79.9. The monoisotopic (exact) mass is 438 g/mol. The number of aryl methyl sites for hydroxylation is 1. The molecule has 0 spiro atoms. The maximum atomic E-state index is 12.8. The number of hydrogen-bond donors (Lipinski definition) is 1. The van der Waals surface area contributed by atoms with Crippen LogP contribution < -0.4 is 5.73 Å². The van der Waals surface area contributed by atoms with Crippen molar-refractivity contribution in [2.24, 2.45) is 11.1 Å². The Morgan fingerprint density at radius 3 is 2.48 bits per heavy atom. The fourth-order valence-electron chi connectivity index (χ4n) is 2.29. The molecule has 0 bridgehead atoms. The van der Waals surface area contributed by atoms with Gasteiger partial charge in [-0.25, -0.2) is 8.42 Å². The molecule has 2 N–H and O–H groups in total. The summed E-state index contributed by atoms with van der Waals surface area (Å²) in [7, 11) is -3.66. The first-order valence-electron chi connectivity index (χ1n) is 6.34. The quantitative estimate of drug-likeness (QED) is 0.785. The predicted molar refractivity (Wildman–Crippen MR) is 87.3 cm³/mol. The van der Waals surface area contributed by atoms with Gasteiger partial charge in [0, 0.05) is 22.0 Å². The van der Waals surface area contributed by atoms with Gasteiger partial charge in [0.25, 0.3) is 0 Å². The Labute approximate surface area is 141 Å². The van der Waals surface area contributed by atoms with Crippen LogP contribution >= 0.6 is 31.9 Å². The summed E-state index contributed by atoms with van der Waals surface area (Å²) in [6.45, 7) is 3.98. The number of nitrogens with two attached hydrogens (primary N) is 1. The molecule has 2 rings (SSSR count). The van der Waals surface area contributed by atoms with Crippen LogP contribution in [0.3, 0.4) is 0 Å². The van der Waals surface area contributed by atoms with Crippen molar-refractivity contribution in [1.82, 2.24) is 4.31 Å². The van der Waals surface area contributed by atoms with E-state index in [1.807, 2.05) is 6.92 Å². The Balaban J connectivity index is 2.41. The molecule has 8 heteroatoms. The molecule has 1 aliphatic heterocycles. The molecule has 5 nitrogen and oxygen atoms in total. The van der Waals surface area contributed by atoms with Gasteiger partial charge in [-0.3, -0.25) is 4.79 Å². The Bertz CT molecular complexity index is 706. The van der Waals surface area contributed by atoms with Crippen molar-refractivity contribution in [3.8, 4) is 0 Å². The standard InChI is InChI=1S/C13H16Br2N2O3S/c1-8-5-10(15)11(6-9(8)14)21(19,20)17-4-3-13(2,7-17)12(16)18/h5-6H,3-4,7H2,1-2H3,(H2,16,18). The number of primary amides is 1. The number of benzene rings is 1. The lowest BCUT2D eigenvalue weighted by Crippen LogP contribution is -2.38. The minimum absolute atomic E-state index is 0.114. The summed E-state index contributed by atoms with van der Waals surface area (Å²) in [6.07, 6.45) is 0.437. The van der Waals surface area contributed by atoms with Crippen LogP contribution in [0.1, 0.15) is 18.9 Å². The average molecular weight is 440 g/mol. The predicted octanol–water partition coefficient (Wildman–Crippen LogP) is 2.41. The first kappa shape index (κ1) is 16.9. The Hall–Kier alpha value is -0.440. The molecule has 0 aromatic heterocycles. The van der Waals surface area contributed by atoms with E-state index in [0.29, 0.717) is 17.4 Å². The van der Waals surface area contributed by atoms with E-state index < -0.39 is 21.3 Å². The topological polar surface area (TPSA) is 80.5 Å². The van der Waals surface area contributed by atoms with Gasteiger partial charge in [0.2, 0.25) is 15.9 Å². The molecule has 0 radical (unpaired) electrons. The van der Waals surface area contributed by atoms with Gasteiger partial charge in [-0.2, -0.15) is 4.31 Å². The number of nitrogens with zero attached hydrogens (tertiary/aromatic N) is 1. The van der Waals surface area contributed by atoms with Gasteiger partial charge in [-0.05, 0) is 53.9 Å². The average Bonchev–Trinajstić information content (AvgIpc) is 2.78. The highest BCUT2D eigenvalue weighted by Crippen LogP contribution is 2.36. The maximum Gasteiger partial charge on any atom is 0.244 e. The molecule has 0 saturated carbocycles. The van der Waals surface area contributed by atoms with Crippen molar-refractivity contribution < 1.29 is 13.2 Å². The van der Waals surface area contributed by atoms with E-state index in [2.05, 4.69) is 31.9 Å². The van der Waals surface area contributed by atoms with Crippen molar-refractivity contribution in [3.63, 3.8) is 0 Å². The summed E-state index contributed by atoms with van der Waals surface area (Å²) >= 11 is 6.65. The molecule has 1 heterocycles. The van der Waals surface area contributed by atoms with Crippen molar-refractivity contribution in [2.75, 3.05) is 13.1 Å². The molecule has 1 atom stereocenters. The fraction of sp³-hybridized carbons (Fsp3) is 0.462. The molecule has 1 unspecified atom stereocenters. The molecule has 1 saturated heterocycles. The molecule has 1 fully saturated rings. The van der Waals surface area contributed by atoms with Crippen LogP contribution in [0.15, 0.2) is 26.0 Å². The molecule has 1 amide bonds. The lowest BCUT2D eigenvalue weighted by atomic mass is 9.89. The van der Waals surface area contributed by atoms with E-state index in [4.69, 9.17) is 5.73 Å². The zero-order chi connectivity index (χ0) is 16.0. The summed E-state index contributed by atoms with van der Waals surface area (Å²) in [6, 6.07) is 3.33. The van der Waals surface area contributed by atoms with Crippen LogP contribution in [0.4, 0.5) is 0 Å². The van der Waals surface area contributed by atoms with Crippen LogP contribution in [-0.4, -0.2) is 31.7 Å². The van der Waals surface area contributed by atoms with E-state index in [1.165, 1.54) is 4.31 Å². The van der Waals surface area contributed by atoms with Crippen molar-refractivity contribution in [2.45, 2.75) is 25.2 Å². The molecule has 0 aliphatic carbocycles. The molecule has 1 aliphatic rings. The number of sulfonamides is 1. The van der Waals surface area contributed by atoms with Gasteiger partial charge < -0.3 is 5.73 Å². The second-order valence-electron chi connectivity index (χ2n) is 5.55. The van der Waals surface area contributed by atoms with Gasteiger partial charge in [0.15, 0.2) is 0 Å². The van der Waals surface area contributed by atoms with Crippen LogP contribution in [0, 0.1) is 12.3 Å². The zero-order valence-electron chi connectivity index (χ0n) is 11.7. The van der Waals surface area contributed by atoms with Gasteiger partial charge in [-0.1, -0.05) is 15.9 Å². The summed E-state index contributed by atoms with van der Waals surface area (Å²) in [5, 5.41) is 0. The maximum absolute atomic E-state index is 12.8. The Kier molecular flexibility index (Phi) is 4.55. The minimum Gasteiger partial charge on any atom is -0.369 e. The summed E-state index contributed by atoms with van der Waals surface area (Å²) in [5.41, 5.74) is 5.50. The van der Waals surface area contributed by atoms with E-state index in [1.54, 1.807) is 19.1 Å². The second-order valence-corrected chi connectivity index (χ2v) is 9.16. The SMILES string of the molecule is Cc1cc(Br)c(S(=O)(=O)N2CCC(C)(C(N)=O)C2)cc1Br. The van der Waals surface area contributed by atoms with E-state index in [0.717, 1.165) is 10.0 Å². The van der Waals surface area contributed by atoms with E-state index in [-0.39, 0.29) is 11.4 Å². The molecule has 1 aromatic rings. The third-order valence-electron chi connectivity index (χ3n) is 3.86. The normalized spacial score (nSPS) is 23.4. The Morgan fingerprint density at radius 2 is 1.95 bits per heavy atom. The summed E-state index contributed by atoms with van der Waals surface area (Å²) in [4.78, 5) is 11.7. The lowest BCUT2D eigenvalue weighted by Gasteiger charge is -2.21. The van der Waals surface area contributed by atoms with Crippen LogP contribution in [0.25, 0.3) is 0 Å². The smallest absolute Gasteiger partial charge is 0.244 e. The van der Waals surface area contributed by atoms with E-state index in [9.17, 15) is 13.2 Å². The number of hydrogen-bond acceptors (Lipinski definition) is 3. The first-order valence-corrected chi connectivity index (χ1v) is 9.36. The van der Waals surface area contributed by atoms with Crippen LogP contribution in [0.2, 0.25) is 0 Å². The Morgan fingerprint density at radius 1 is 1.33 bits per heavy atom. The third kappa shape index (κ3) is 3.04. The van der Waals surface area contributed by atoms with E-state index >= 15 is 0 Å². The van der Waals surface area contributed by atoms with Crippen molar-refractivity contribution in [1.29, 1.82) is 0 Å². The largest absolute Gasteiger partial charge is 0.369 e. The second kappa shape index (κ2) is 5.64. The van der Waals surface area contributed by atoms with Crippen LogP contribution in [0.5, 0.6) is 0 Å². The van der Waals surface area contributed by atoms with Gasteiger partial charge in [0.05, 0.1) is 10.3 Å². The third-order valence-corrected chi connectivity index (χ3v) is 7.52. The lowest BCUT2D eigenvalue weighted by molar-refractivity contribution is -0.126.